The van der Waals surface area contributed by atoms with Gasteiger partial charge in [-0.05, 0) is 32.9 Å². The van der Waals surface area contributed by atoms with Gasteiger partial charge < -0.3 is 16.2 Å². The van der Waals surface area contributed by atoms with Gasteiger partial charge in [-0.25, -0.2) is 0 Å². The van der Waals surface area contributed by atoms with E-state index < -0.39 is 11.6 Å². The molecular weight excluding hydrogens is 240 g/mol. The van der Waals surface area contributed by atoms with Gasteiger partial charge in [0.05, 0.1) is 27.9 Å². The Balaban J connectivity index is 2.95. The molecule has 0 aromatic heterocycles. The number of para-hydroxylation sites is 1. The number of anilines is 1. The van der Waals surface area contributed by atoms with E-state index in [0.29, 0.717) is 10.6 Å². The maximum Gasteiger partial charge on any atom is 0.253 e. The topological polar surface area (TPSA) is 75.3 Å². The van der Waals surface area contributed by atoms with Crippen LogP contribution < -0.4 is 11.1 Å². The third-order valence-electron chi connectivity index (χ3n) is 2.78. The monoisotopic (exact) mass is 256 g/mol. The standard InChI is InChI=1S/C12H17ClN2O2/c1-7(16)12(2,3)15-11(17)8-5-4-6-9(13)10(8)14/h4-7,16H,14H2,1-3H3,(H,15,17). The molecule has 1 rings (SSSR count). The van der Waals surface area contributed by atoms with Crippen LogP contribution in [0.5, 0.6) is 0 Å². The van der Waals surface area contributed by atoms with Crippen LogP contribution in [0.3, 0.4) is 0 Å². The van der Waals surface area contributed by atoms with Crippen LogP contribution in [0.25, 0.3) is 0 Å². The van der Waals surface area contributed by atoms with E-state index >= 15 is 0 Å². The third kappa shape index (κ3) is 3.11. The molecule has 4 nitrogen and oxygen atoms in total. The van der Waals surface area contributed by atoms with Crippen LogP contribution in [-0.2, 0) is 0 Å². The first-order valence-corrected chi connectivity index (χ1v) is 5.68. The molecule has 1 aromatic rings. The molecule has 1 amide bonds. The van der Waals surface area contributed by atoms with Crippen molar-refractivity contribution in [2.45, 2.75) is 32.4 Å². The first-order chi connectivity index (χ1) is 7.75. The molecule has 0 aliphatic carbocycles. The Bertz CT molecular complexity index is 431. The molecule has 0 radical (unpaired) electrons. The number of aliphatic hydroxyl groups is 1. The van der Waals surface area contributed by atoms with Gasteiger partial charge in [-0.3, -0.25) is 4.79 Å². The fourth-order valence-corrected chi connectivity index (χ4v) is 1.37. The molecule has 0 spiro atoms. The lowest BCUT2D eigenvalue weighted by Crippen LogP contribution is -2.51. The van der Waals surface area contributed by atoms with Crippen molar-refractivity contribution < 1.29 is 9.90 Å². The Morgan fingerprint density at radius 3 is 2.65 bits per heavy atom. The van der Waals surface area contributed by atoms with E-state index in [2.05, 4.69) is 5.32 Å². The average Bonchev–Trinajstić information content (AvgIpc) is 2.21. The zero-order valence-corrected chi connectivity index (χ0v) is 10.9. The number of carbonyl (C=O) groups excluding carboxylic acids is 1. The lowest BCUT2D eigenvalue weighted by Gasteiger charge is -2.29. The number of carbonyl (C=O) groups is 1. The van der Waals surface area contributed by atoms with E-state index in [0.717, 1.165) is 0 Å². The Kier molecular flexibility index (Phi) is 4.01. The van der Waals surface area contributed by atoms with Crippen molar-refractivity contribution in [1.29, 1.82) is 0 Å². The Morgan fingerprint density at radius 2 is 2.12 bits per heavy atom. The van der Waals surface area contributed by atoms with Gasteiger partial charge in [0.1, 0.15) is 0 Å². The zero-order chi connectivity index (χ0) is 13.2. The summed E-state index contributed by atoms with van der Waals surface area (Å²) in [6.07, 6.45) is -0.674. The fraction of sp³-hybridized carbons (Fsp3) is 0.417. The maximum absolute atomic E-state index is 12.0. The normalized spacial score (nSPS) is 13.2. The Morgan fingerprint density at radius 1 is 1.53 bits per heavy atom. The molecule has 0 saturated carbocycles. The molecule has 5 heteroatoms. The smallest absolute Gasteiger partial charge is 0.253 e. The van der Waals surface area contributed by atoms with Gasteiger partial charge in [0, 0.05) is 0 Å². The predicted molar refractivity (Wildman–Crippen MR) is 69.1 cm³/mol. The average molecular weight is 257 g/mol. The summed E-state index contributed by atoms with van der Waals surface area (Å²) in [5.74, 6) is -0.351. The molecule has 0 fully saturated rings. The van der Waals surface area contributed by atoms with Gasteiger partial charge in [-0.2, -0.15) is 0 Å². The number of aliphatic hydroxyl groups excluding tert-OH is 1. The number of nitrogen functional groups attached to an aromatic ring is 1. The summed E-state index contributed by atoms with van der Waals surface area (Å²) in [5, 5.41) is 12.6. The summed E-state index contributed by atoms with van der Waals surface area (Å²) in [4.78, 5) is 12.0. The van der Waals surface area contributed by atoms with Crippen LogP contribution >= 0.6 is 11.6 Å². The van der Waals surface area contributed by atoms with Crippen molar-refractivity contribution in [3.8, 4) is 0 Å². The van der Waals surface area contributed by atoms with Gasteiger partial charge in [0.25, 0.3) is 5.91 Å². The fourth-order valence-electron chi connectivity index (χ4n) is 1.20. The third-order valence-corrected chi connectivity index (χ3v) is 3.11. The van der Waals surface area contributed by atoms with Crippen LogP contribution in [0.2, 0.25) is 5.02 Å². The van der Waals surface area contributed by atoms with Gasteiger partial charge >= 0.3 is 0 Å². The predicted octanol–water partition coefficient (Wildman–Crippen LogP) is 1.81. The van der Waals surface area contributed by atoms with E-state index in [-0.39, 0.29) is 11.6 Å². The van der Waals surface area contributed by atoms with Gasteiger partial charge in [-0.15, -0.1) is 0 Å². The molecule has 0 saturated heterocycles. The number of hydrogen-bond donors (Lipinski definition) is 3. The number of amides is 1. The van der Waals surface area contributed by atoms with E-state index in [1.54, 1.807) is 39.0 Å². The van der Waals surface area contributed by atoms with Crippen LogP contribution in [0.1, 0.15) is 31.1 Å². The number of nitrogens with two attached hydrogens (primary N) is 1. The summed E-state index contributed by atoms with van der Waals surface area (Å²) in [7, 11) is 0. The minimum absolute atomic E-state index is 0.244. The van der Waals surface area contributed by atoms with Gasteiger partial charge in [0.15, 0.2) is 0 Å². The van der Waals surface area contributed by atoms with Crippen LogP contribution in [0.15, 0.2) is 18.2 Å². The molecule has 94 valence electrons. The maximum atomic E-state index is 12.0. The van der Waals surface area contributed by atoms with Crippen LogP contribution in [0, 0.1) is 0 Å². The number of nitrogens with one attached hydrogen (secondary N) is 1. The molecule has 1 unspecified atom stereocenters. The molecule has 1 aromatic carbocycles. The highest BCUT2D eigenvalue weighted by Crippen LogP contribution is 2.23. The zero-order valence-electron chi connectivity index (χ0n) is 10.1. The minimum Gasteiger partial charge on any atom is -0.397 e. The molecule has 0 aliphatic rings. The lowest BCUT2D eigenvalue weighted by atomic mass is 9.98. The van der Waals surface area contributed by atoms with Crippen LogP contribution in [-0.4, -0.2) is 22.7 Å². The minimum atomic E-state index is -0.730. The molecular formula is C12H17ClN2O2. The quantitative estimate of drug-likeness (QED) is 0.722. The van der Waals surface area contributed by atoms with E-state index in [9.17, 15) is 9.90 Å². The summed E-state index contributed by atoms with van der Waals surface area (Å²) in [6.45, 7) is 5.08. The first kappa shape index (κ1) is 13.8. The van der Waals surface area contributed by atoms with Crippen molar-refractivity contribution in [3.05, 3.63) is 28.8 Å². The molecule has 0 aliphatic heterocycles. The number of benzene rings is 1. The van der Waals surface area contributed by atoms with Gasteiger partial charge in [0.2, 0.25) is 0 Å². The molecule has 1 atom stereocenters. The van der Waals surface area contributed by atoms with Crippen molar-refractivity contribution in [2.24, 2.45) is 0 Å². The lowest BCUT2D eigenvalue weighted by molar-refractivity contribution is 0.0710. The second kappa shape index (κ2) is 4.94. The molecule has 0 bridgehead atoms. The number of hydrogen-bond acceptors (Lipinski definition) is 3. The second-order valence-electron chi connectivity index (χ2n) is 4.55. The van der Waals surface area contributed by atoms with E-state index in [1.807, 2.05) is 0 Å². The number of rotatable bonds is 3. The molecule has 17 heavy (non-hydrogen) atoms. The summed E-state index contributed by atoms with van der Waals surface area (Å²) in [6, 6.07) is 4.87. The van der Waals surface area contributed by atoms with Crippen molar-refractivity contribution >= 4 is 23.2 Å². The highest BCUT2D eigenvalue weighted by molar-refractivity contribution is 6.33. The summed E-state index contributed by atoms with van der Waals surface area (Å²) in [5.41, 5.74) is 5.55. The van der Waals surface area contributed by atoms with E-state index in [4.69, 9.17) is 17.3 Å². The van der Waals surface area contributed by atoms with E-state index in [1.165, 1.54) is 0 Å². The second-order valence-corrected chi connectivity index (χ2v) is 4.96. The van der Waals surface area contributed by atoms with Crippen molar-refractivity contribution in [3.63, 3.8) is 0 Å². The largest absolute Gasteiger partial charge is 0.397 e. The summed E-state index contributed by atoms with van der Waals surface area (Å²) >= 11 is 5.84. The molecule has 4 N–H and O–H groups in total. The Hall–Kier alpha value is -1.26. The Labute approximate surface area is 106 Å². The highest BCUT2D eigenvalue weighted by Gasteiger charge is 2.27. The van der Waals surface area contributed by atoms with Crippen LogP contribution in [0.4, 0.5) is 5.69 Å². The van der Waals surface area contributed by atoms with Gasteiger partial charge in [-0.1, -0.05) is 17.7 Å². The first-order valence-electron chi connectivity index (χ1n) is 5.30. The molecule has 0 heterocycles. The van der Waals surface area contributed by atoms with Crippen molar-refractivity contribution in [2.75, 3.05) is 5.73 Å². The highest BCUT2D eigenvalue weighted by atomic mass is 35.5. The SMILES string of the molecule is CC(O)C(C)(C)NC(=O)c1cccc(Cl)c1N. The number of halogens is 1. The summed E-state index contributed by atoms with van der Waals surface area (Å²) < 4.78 is 0. The van der Waals surface area contributed by atoms with Crippen molar-refractivity contribution in [1.82, 2.24) is 5.32 Å².